The van der Waals surface area contributed by atoms with E-state index in [2.05, 4.69) is 15.8 Å². The van der Waals surface area contributed by atoms with E-state index in [1.54, 1.807) is 0 Å². The van der Waals surface area contributed by atoms with Crippen molar-refractivity contribution in [2.75, 3.05) is 6.54 Å². The summed E-state index contributed by atoms with van der Waals surface area (Å²) < 4.78 is 0. The van der Waals surface area contributed by atoms with E-state index in [1.165, 1.54) is 12.3 Å². The van der Waals surface area contributed by atoms with Crippen LogP contribution in [-0.2, 0) is 9.59 Å². The highest BCUT2D eigenvalue weighted by atomic mass is 16.6. The number of hydrogen-bond donors (Lipinski definition) is 3. The van der Waals surface area contributed by atoms with Crippen LogP contribution in [0.4, 0.5) is 5.69 Å². The van der Waals surface area contributed by atoms with Crippen LogP contribution in [0, 0.1) is 10.1 Å². The van der Waals surface area contributed by atoms with Gasteiger partial charge in [-0.05, 0) is 28.8 Å². The SMILES string of the molecule is O=C(CNC(=O)C(c1ccccc1)c1ccccc1)NN=Cc1ccc([N+](=O)[O-])c(O)c1. The Kier molecular flexibility index (Phi) is 7.26. The molecule has 3 aromatic carbocycles. The Morgan fingerprint density at radius 3 is 2.12 bits per heavy atom. The van der Waals surface area contributed by atoms with Crippen molar-refractivity contribution in [2.45, 2.75) is 5.92 Å². The van der Waals surface area contributed by atoms with Crippen LogP contribution < -0.4 is 10.7 Å². The maximum atomic E-state index is 12.9. The topological polar surface area (TPSA) is 134 Å². The first kappa shape index (κ1) is 22.2. The van der Waals surface area contributed by atoms with Gasteiger partial charge >= 0.3 is 5.69 Å². The molecular weight excluding hydrogens is 412 g/mol. The molecule has 3 rings (SSSR count). The first-order chi connectivity index (χ1) is 15.5. The number of carbonyl (C=O) groups is 2. The van der Waals surface area contributed by atoms with Crippen molar-refractivity contribution in [3.8, 4) is 5.75 Å². The Balaban J connectivity index is 1.59. The van der Waals surface area contributed by atoms with Gasteiger partial charge in [0.15, 0.2) is 5.75 Å². The lowest BCUT2D eigenvalue weighted by Gasteiger charge is -2.17. The van der Waals surface area contributed by atoms with Gasteiger partial charge in [-0.3, -0.25) is 19.7 Å². The van der Waals surface area contributed by atoms with Crippen molar-refractivity contribution in [3.05, 3.63) is 106 Å². The molecule has 32 heavy (non-hydrogen) atoms. The molecule has 3 aromatic rings. The summed E-state index contributed by atoms with van der Waals surface area (Å²) in [4.78, 5) is 34.9. The summed E-state index contributed by atoms with van der Waals surface area (Å²) in [7, 11) is 0. The number of rotatable bonds is 8. The van der Waals surface area contributed by atoms with Crippen LogP contribution in [0.3, 0.4) is 0 Å². The first-order valence-electron chi connectivity index (χ1n) is 9.62. The van der Waals surface area contributed by atoms with Crippen LogP contribution in [0.2, 0.25) is 0 Å². The van der Waals surface area contributed by atoms with Gasteiger partial charge in [0.1, 0.15) is 0 Å². The van der Waals surface area contributed by atoms with Crippen LogP contribution in [0.5, 0.6) is 5.75 Å². The number of hydrazone groups is 1. The lowest BCUT2D eigenvalue weighted by molar-refractivity contribution is -0.385. The van der Waals surface area contributed by atoms with Gasteiger partial charge < -0.3 is 10.4 Å². The highest BCUT2D eigenvalue weighted by Gasteiger charge is 2.22. The fourth-order valence-corrected chi connectivity index (χ4v) is 3.05. The van der Waals surface area contributed by atoms with E-state index < -0.39 is 28.2 Å². The average molecular weight is 432 g/mol. The molecule has 0 fully saturated rings. The Bertz CT molecular complexity index is 1090. The zero-order chi connectivity index (χ0) is 22.9. The molecule has 0 aliphatic rings. The molecule has 9 heteroatoms. The zero-order valence-electron chi connectivity index (χ0n) is 16.8. The second-order valence-electron chi connectivity index (χ2n) is 6.77. The number of nitrogens with zero attached hydrogens (tertiary/aromatic N) is 2. The Morgan fingerprint density at radius 2 is 1.59 bits per heavy atom. The van der Waals surface area contributed by atoms with Gasteiger partial charge in [-0.15, -0.1) is 0 Å². The monoisotopic (exact) mass is 432 g/mol. The molecule has 0 saturated heterocycles. The van der Waals surface area contributed by atoms with Crippen LogP contribution in [0.15, 0.2) is 84.0 Å². The average Bonchev–Trinajstić information content (AvgIpc) is 2.79. The number of benzene rings is 3. The molecule has 0 bridgehead atoms. The molecular formula is C23H20N4O5. The van der Waals surface area contributed by atoms with E-state index in [-0.39, 0.29) is 12.5 Å². The van der Waals surface area contributed by atoms with Gasteiger partial charge in [-0.2, -0.15) is 5.10 Å². The van der Waals surface area contributed by atoms with Crippen molar-refractivity contribution in [3.63, 3.8) is 0 Å². The molecule has 0 aliphatic heterocycles. The zero-order valence-corrected chi connectivity index (χ0v) is 16.8. The fraction of sp³-hybridized carbons (Fsp3) is 0.0870. The number of nitro benzene ring substituents is 1. The van der Waals surface area contributed by atoms with Crippen molar-refractivity contribution in [1.82, 2.24) is 10.7 Å². The van der Waals surface area contributed by atoms with Crippen LogP contribution in [0.1, 0.15) is 22.6 Å². The Labute approximate surface area is 183 Å². The lowest BCUT2D eigenvalue weighted by Crippen LogP contribution is -2.37. The minimum atomic E-state index is -0.709. The standard InChI is InChI=1S/C23H20N4O5/c28-20-13-16(11-12-19(20)27(31)32)14-25-26-21(29)15-24-23(30)22(17-7-3-1-4-8-17)18-9-5-2-6-10-18/h1-14,22,28H,15H2,(H,24,30)(H,26,29). The summed E-state index contributed by atoms with van der Waals surface area (Å²) in [6, 6.07) is 22.1. The number of amides is 2. The normalized spacial score (nSPS) is 10.8. The Hall–Kier alpha value is -4.53. The highest BCUT2D eigenvalue weighted by Crippen LogP contribution is 2.26. The van der Waals surface area contributed by atoms with Gasteiger partial charge in [0.2, 0.25) is 5.91 Å². The number of phenolic OH excluding ortho intramolecular Hbond substituents is 1. The van der Waals surface area contributed by atoms with Crippen molar-refractivity contribution < 1.29 is 19.6 Å². The van der Waals surface area contributed by atoms with E-state index in [0.29, 0.717) is 5.56 Å². The molecule has 0 aliphatic carbocycles. The molecule has 2 amide bonds. The summed E-state index contributed by atoms with van der Waals surface area (Å²) in [5, 5.41) is 26.7. The fourth-order valence-electron chi connectivity index (χ4n) is 3.05. The van der Waals surface area contributed by atoms with E-state index in [0.717, 1.165) is 23.3 Å². The summed E-state index contributed by atoms with van der Waals surface area (Å²) >= 11 is 0. The van der Waals surface area contributed by atoms with Gasteiger partial charge in [-0.1, -0.05) is 60.7 Å². The molecule has 0 heterocycles. The number of nitrogens with one attached hydrogen (secondary N) is 2. The molecule has 162 valence electrons. The first-order valence-corrected chi connectivity index (χ1v) is 9.62. The summed E-state index contributed by atoms with van der Waals surface area (Å²) in [5.74, 6) is -1.97. The van der Waals surface area contributed by atoms with E-state index in [4.69, 9.17) is 0 Å². The maximum absolute atomic E-state index is 12.9. The molecule has 0 saturated carbocycles. The molecule has 0 aromatic heterocycles. The van der Waals surface area contributed by atoms with Crippen molar-refractivity contribution in [2.24, 2.45) is 5.10 Å². The van der Waals surface area contributed by atoms with Crippen LogP contribution in [-0.4, -0.2) is 34.6 Å². The summed E-state index contributed by atoms with van der Waals surface area (Å²) in [6.45, 7) is -0.294. The third-order valence-electron chi connectivity index (χ3n) is 4.55. The third kappa shape index (κ3) is 5.76. The smallest absolute Gasteiger partial charge is 0.310 e. The number of carbonyl (C=O) groups excluding carboxylic acids is 2. The largest absolute Gasteiger partial charge is 0.502 e. The summed E-state index contributed by atoms with van der Waals surface area (Å²) in [6.07, 6.45) is 1.22. The predicted molar refractivity (Wildman–Crippen MR) is 118 cm³/mol. The minimum Gasteiger partial charge on any atom is -0.502 e. The lowest BCUT2D eigenvalue weighted by atomic mass is 9.90. The van der Waals surface area contributed by atoms with Crippen LogP contribution in [0.25, 0.3) is 0 Å². The molecule has 3 N–H and O–H groups in total. The molecule has 0 radical (unpaired) electrons. The van der Waals surface area contributed by atoms with E-state index in [9.17, 15) is 24.8 Å². The minimum absolute atomic E-state index is 0.294. The number of aromatic hydroxyl groups is 1. The molecule has 0 spiro atoms. The van der Waals surface area contributed by atoms with Gasteiger partial charge in [-0.25, -0.2) is 5.43 Å². The van der Waals surface area contributed by atoms with Crippen LogP contribution >= 0.6 is 0 Å². The number of phenols is 1. The van der Waals surface area contributed by atoms with E-state index in [1.807, 2.05) is 60.7 Å². The summed E-state index contributed by atoms with van der Waals surface area (Å²) in [5.41, 5.74) is 3.78. The molecule has 0 atom stereocenters. The number of hydrogen-bond acceptors (Lipinski definition) is 6. The van der Waals surface area contributed by atoms with E-state index >= 15 is 0 Å². The van der Waals surface area contributed by atoms with Gasteiger partial charge in [0.05, 0.1) is 23.6 Å². The third-order valence-corrected chi connectivity index (χ3v) is 4.55. The predicted octanol–water partition coefficient (Wildman–Crippen LogP) is 2.70. The quantitative estimate of drug-likeness (QED) is 0.286. The number of nitro groups is 1. The molecule has 9 nitrogen and oxygen atoms in total. The van der Waals surface area contributed by atoms with Crippen molar-refractivity contribution in [1.29, 1.82) is 0 Å². The van der Waals surface area contributed by atoms with Crippen molar-refractivity contribution >= 4 is 23.7 Å². The second-order valence-corrected chi connectivity index (χ2v) is 6.77. The second kappa shape index (κ2) is 10.5. The van der Waals surface area contributed by atoms with Gasteiger partial charge in [0, 0.05) is 6.07 Å². The maximum Gasteiger partial charge on any atom is 0.310 e. The molecule has 0 unspecified atom stereocenters. The van der Waals surface area contributed by atoms with Gasteiger partial charge in [0.25, 0.3) is 5.91 Å². The highest BCUT2D eigenvalue weighted by molar-refractivity contribution is 5.91. The Morgan fingerprint density at radius 1 is 1.00 bits per heavy atom.